The molecule has 11 nitrogen and oxygen atoms in total. The molecule has 0 saturated carbocycles. The van der Waals surface area contributed by atoms with Gasteiger partial charge in [-0.2, -0.15) is 0 Å². The van der Waals surface area contributed by atoms with Gasteiger partial charge in [-0.05, 0) is 52.0 Å². The van der Waals surface area contributed by atoms with Crippen molar-refractivity contribution in [2.75, 3.05) is 40.0 Å². The number of benzene rings is 2. The summed E-state index contributed by atoms with van der Waals surface area (Å²) in [5.74, 6) is 1.90. The van der Waals surface area contributed by atoms with Crippen LogP contribution < -0.4 is 19.5 Å². The molecule has 0 unspecified atom stereocenters. The maximum Gasteiger partial charge on any atom is 0.257 e. The number of nitrogens with one attached hydrogen (secondary N) is 3. The molecule has 0 bridgehead atoms. The number of rotatable bonds is 5. The van der Waals surface area contributed by atoms with E-state index in [1.165, 1.54) is 0 Å². The molecule has 2 aromatic heterocycles. The van der Waals surface area contributed by atoms with Gasteiger partial charge in [0.1, 0.15) is 30.4 Å². The molecule has 4 N–H and O–H groups in total. The number of H-pyrrole nitrogens is 1. The van der Waals surface area contributed by atoms with Gasteiger partial charge in [0, 0.05) is 59.0 Å². The van der Waals surface area contributed by atoms with Gasteiger partial charge in [-0.15, -0.1) is 0 Å². The predicted molar refractivity (Wildman–Crippen MR) is 161 cm³/mol. The highest BCUT2D eigenvalue weighted by Crippen LogP contribution is 2.46. The summed E-state index contributed by atoms with van der Waals surface area (Å²) in [5.41, 5.74) is 4.36. The van der Waals surface area contributed by atoms with Crippen LogP contribution in [-0.4, -0.2) is 82.6 Å². The van der Waals surface area contributed by atoms with Gasteiger partial charge in [0.05, 0.1) is 29.5 Å². The summed E-state index contributed by atoms with van der Waals surface area (Å²) >= 11 is 0. The molecule has 1 amide bonds. The molecule has 4 heterocycles. The topological polar surface area (TPSA) is 146 Å². The molecule has 11 heteroatoms. The summed E-state index contributed by atoms with van der Waals surface area (Å²) in [7, 11) is 1.56. The van der Waals surface area contributed by atoms with Gasteiger partial charge in [-0.1, -0.05) is 0 Å². The second-order valence-corrected chi connectivity index (χ2v) is 10.8. The molecule has 1 fully saturated rings. The lowest BCUT2D eigenvalue weighted by molar-refractivity contribution is 0.0699. The van der Waals surface area contributed by atoms with E-state index in [2.05, 4.69) is 22.2 Å². The number of fused-ring (bicyclic) bond motifs is 4. The second-order valence-electron chi connectivity index (χ2n) is 10.8. The Bertz CT molecular complexity index is 1790. The van der Waals surface area contributed by atoms with Crippen LogP contribution in [0.15, 0.2) is 30.0 Å². The van der Waals surface area contributed by atoms with Crippen LogP contribution >= 0.6 is 0 Å². The zero-order chi connectivity index (χ0) is 29.7. The van der Waals surface area contributed by atoms with Crippen LogP contribution in [0.2, 0.25) is 0 Å². The average molecular weight is 571 g/mol. The summed E-state index contributed by atoms with van der Waals surface area (Å²) in [4.78, 5) is 28.4. The van der Waals surface area contributed by atoms with E-state index in [4.69, 9.17) is 24.6 Å². The van der Waals surface area contributed by atoms with Gasteiger partial charge >= 0.3 is 0 Å². The van der Waals surface area contributed by atoms with Crippen molar-refractivity contribution >= 4 is 39.1 Å². The van der Waals surface area contributed by atoms with Crippen molar-refractivity contribution in [3.8, 4) is 28.5 Å². The SMILES string of the molecule is COc1cc2c(cc1/C(C(C)=N)=C(\C)O)[nH]c1nc(C)nc(-c3ccc(C(=O)N4CCN[C@@H](C)C4)c4c3OCCO4)c12. The van der Waals surface area contributed by atoms with Crippen molar-refractivity contribution in [2.45, 2.75) is 33.7 Å². The number of ether oxygens (including phenoxy) is 3. The lowest BCUT2D eigenvalue weighted by Crippen LogP contribution is -2.51. The first-order chi connectivity index (χ1) is 20.2. The number of hydrogen-bond acceptors (Lipinski definition) is 9. The van der Waals surface area contributed by atoms with Gasteiger partial charge in [-0.3, -0.25) is 4.79 Å². The minimum atomic E-state index is -0.0884. The van der Waals surface area contributed by atoms with Crippen molar-refractivity contribution in [2.24, 2.45) is 0 Å². The van der Waals surface area contributed by atoms with E-state index >= 15 is 0 Å². The van der Waals surface area contributed by atoms with E-state index in [9.17, 15) is 9.90 Å². The summed E-state index contributed by atoms with van der Waals surface area (Å²) in [6.45, 7) is 9.72. The predicted octanol–water partition coefficient (Wildman–Crippen LogP) is 4.63. The number of aryl methyl sites for hydroxylation is 1. The third-order valence-corrected chi connectivity index (χ3v) is 7.72. The number of nitrogens with zero attached hydrogens (tertiary/aromatic N) is 3. The van der Waals surface area contributed by atoms with Crippen molar-refractivity contribution in [1.29, 1.82) is 5.41 Å². The average Bonchev–Trinajstić information content (AvgIpc) is 3.31. The Kier molecular flexibility index (Phi) is 6.97. The fourth-order valence-corrected chi connectivity index (χ4v) is 5.94. The zero-order valence-corrected chi connectivity index (χ0v) is 24.3. The third kappa shape index (κ3) is 4.59. The lowest BCUT2D eigenvalue weighted by atomic mass is 9.97. The Balaban J connectivity index is 1.56. The number of allylic oxidation sites excluding steroid dienone is 2. The Morgan fingerprint density at radius 2 is 1.90 bits per heavy atom. The molecule has 218 valence electrons. The minimum Gasteiger partial charge on any atom is -0.512 e. The normalized spacial score (nSPS) is 17.4. The summed E-state index contributed by atoms with van der Waals surface area (Å²) in [5, 5.41) is 23.5. The molecular weight excluding hydrogens is 536 g/mol. The van der Waals surface area contributed by atoms with Crippen molar-refractivity contribution in [1.82, 2.24) is 25.2 Å². The fraction of sp³-hybridized carbons (Fsp3) is 0.355. The van der Waals surface area contributed by atoms with Crippen LogP contribution in [0.25, 0.3) is 38.8 Å². The number of aliphatic hydroxyl groups is 1. The van der Waals surface area contributed by atoms with E-state index < -0.39 is 0 Å². The number of carbonyl (C=O) groups is 1. The van der Waals surface area contributed by atoms with Gasteiger partial charge in [0.15, 0.2) is 11.5 Å². The smallest absolute Gasteiger partial charge is 0.257 e. The number of aliphatic hydroxyl groups excluding tert-OH is 1. The first kappa shape index (κ1) is 27.5. The fourth-order valence-electron chi connectivity index (χ4n) is 5.94. The standard InChI is InChI=1S/C31H34N6O5/c1-15-14-37(9-8-33-15)31(39)20-7-6-19(28-29(20)42-11-10-41-28)27-26-21-13-24(40-5)22(25(16(2)32)17(3)38)12-23(21)36-30(26)35-18(4)34-27/h6-7,12-13,15,32-33,38H,8-11,14H2,1-5H3,(H,34,35,36)/b25-17+,32-16?/t15-/m0/s1. The van der Waals surface area contributed by atoms with E-state index in [1.54, 1.807) is 27.0 Å². The highest BCUT2D eigenvalue weighted by molar-refractivity contribution is 6.23. The first-order valence-corrected chi connectivity index (χ1v) is 14.0. The summed E-state index contributed by atoms with van der Waals surface area (Å²) < 4.78 is 18.0. The monoisotopic (exact) mass is 570 g/mol. The Morgan fingerprint density at radius 1 is 1.14 bits per heavy atom. The Hall–Kier alpha value is -4.64. The number of carbonyl (C=O) groups excluding carboxylic acids is 1. The number of aromatic amines is 1. The summed E-state index contributed by atoms with van der Waals surface area (Å²) in [6, 6.07) is 7.59. The molecule has 0 aliphatic carbocycles. The molecule has 1 saturated heterocycles. The molecular formula is C31H34N6O5. The number of amides is 1. The zero-order valence-electron chi connectivity index (χ0n) is 24.3. The second kappa shape index (κ2) is 10.6. The van der Waals surface area contributed by atoms with Crippen LogP contribution in [0.4, 0.5) is 0 Å². The van der Waals surface area contributed by atoms with E-state index in [0.717, 1.165) is 22.8 Å². The van der Waals surface area contributed by atoms with Gasteiger partial charge in [-0.25, -0.2) is 9.97 Å². The number of piperazine rings is 1. The highest BCUT2D eigenvalue weighted by atomic mass is 16.6. The van der Waals surface area contributed by atoms with Crippen LogP contribution in [0.5, 0.6) is 17.2 Å². The molecule has 42 heavy (non-hydrogen) atoms. The van der Waals surface area contributed by atoms with Crippen molar-refractivity contribution in [3.63, 3.8) is 0 Å². The molecule has 4 aromatic rings. The Labute approximate surface area is 243 Å². The molecule has 2 aliphatic heterocycles. The van der Waals surface area contributed by atoms with E-state index in [1.807, 2.05) is 30.0 Å². The van der Waals surface area contributed by atoms with Crippen LogP contribution in [0.3, 0.4) is 0 Å². The molecule has 2 aliphatic rings. The van der Waals surface area contributed by atoms with Crippen LogP contribution in [0, 0.1) is 12.3 Å². The van der Waals surface area contributed by atoms with Gasteiger partial charge < -0.3 is 39.9 Å². The first-order valence-electron chi connectivity index (χ1n) is 14.0. The van der Waals surface area contributed by atoms with E-state index in [-0.39, 0.29) is 23.4 Å². The maximum atomic E-state index is 13.6. The number of aromatic nitrogens is 3. The maximum absolute atomic E-state index is 13.6. The number of hydrogen-bond donors (Lipinski definition) is 4. The molecule has 0 spiro atoms. The van der Waals surface area contributed by atoms with Gasteiger partial charge in [0.25, 0.3) is 5.91 Å². The van der Waals surface area contributed by atoms with Crippen LogP contribution in [0.1, 0.15) is 42.5 Å². The Morgan fingerprint density at radius 3 is 2.60 bits per heavy atom. The molecule has 2 aromatic carbocycles. The largest absolute Gasteiger partial charge is 0.512 e. The molecule has 6 rings (SSSR count). The van der Waals surface area contributed by atoms with Crippen molar-refractivity contribution in [3.05, 3.63) is 47.0 Å². The molecule has 0 radical (unpaired) electrons. The highest BCUT2D eigenvalue weighted by Gasteiger charge is 2.30. The van der Waals surface area contributed by atoms with E-state index in [0.29, 0.717) is 83.0 Å². The molecule has 1 atom stereocenters. The minimum absolute atomic E-state index is 0.0290. The lowest BCUT2D eigenvalue weighted by Gasteiger charge is -2.33. The quantitative estimate of drug-likeness (QED) is 0.201. The third-order valence-electron chi connectivity index (χ3n) is 7.72. The van der Waals surface area contributed by atoms with Crippen molar-refractivity contribution < 1.29 is 24.1 Å². The summed E-state index contributed by atoms with van der Waals surface area (Å²) in [6.07, 6.45) is 0. The number of methoxy groups -OCH3 is 1. The van der Waals surface area contributed by atoms with Crippen LogP contribution in [-0.2, 0) is 0 Å². The van der Waals surface area contributed by atoms with Gasteiger partial charge in [0.2, 0.25) is 0 Å².